The van der Waals surface area contributed by atoms with Gasteiger partial charge in [0.25, 0.3) is 0 Å². The molecular formula is C25H36N4O5. The van der Waals surface area contributed by atoms with Crippen LogP contribution in [0.4, 0.5) is 9.59 Å². The summed E-state index contributed by atoms with van der Waals surface area (Å²) in [5.41, 5.74) is 0.463. The summed E-state index contributed by atoms with van der Waals surface area (Å²) in [7, 11) is 0. The topological polar surface area (TPSA) is 91.4 Å². The fourth-order valence-electron chi connectivity index (χ4n) is 5.01. The minimum absolute atomic E-state index is 0.0256. The first-order valence-corrected chi connectivity index (χ1v) is 12.2. The lowest BCUT2D eigenvalue weighted by Crippen LogP contribution is -2.56. The number of nitrogens with one attached hydrogen (secondary N) is 1. The van der Waals surface area contributed by atoms with E-state index in [1.54, 1.807) is 9.80 Å². The smallest absolute Gasteiger partial charge is 0.410 e. The second-order valence-electron chi connectivity index (χ2n) is 10.4. The van der Waals surface area contributed by atoms with E-state index in [2.05, 4.69) is 5.32 Å². The van der Waals surface area contributed by atoms with Gasteiger partial charge in [-0.3, -0.25) is 9.63 Å². The number of amides is 4. The van der Waals surface area contributed by atoms with Crippen LogP contribution in [0.5, 0.6) is 0 Å². The van der Waals surface area contributed by atoms with E-state index in [0.717, 1.165) is 5.56 Å². The summed E-state index contributed by atoms with van der Waals surface area (Å²) < 4.78 is 5.44. The summed E-state index contributed by atoms with van der Waals surface area (Å²) in [6.45, 7) is 8.91. The molecule has 3 atom stereocenters. The number of nitrogens with zero attached hydrogens (tertiary/aromatic N) is 3. The van der Waals surface area contributed by atoms with Crippen LogP contribution >= 0.6 is 0 Å². The van der Waals surface area contributed by atoms with Gasteiger partial charge in [-0.25, -0.2) is 9.59 Å². The van der Waals surface area contributed by atoms with E-state index in [1.807, 2.05) is 58.0 Å². The highest BCUT2D eigenvalue weighted by Crippen LogP contribution is 2.35. The van der Waals surface area contributed by atoms with Crippen LogP contribution in [0.25, 0.3) is 0 Å². The Balaban J connectivity index is 1.30. The summed E-state index contributed by atoms with van der Waals surface area (Å²) in [4.78, 5) is 47.8. The van der Waals surface area contributed by atoms with E-state index in [4.69, 9.17) is 9.57 Å². The van der Waals surface area contributed by atoms with Crippen LogP contribution in [0, 0.1) is 0 Å². The molecule has 1 N–H and O–H groups in total. The summed E-state index contributed by atoms with van der Waals surface area (Å²) in [5, 5.41) is 4.58. The van der Waals surface area contributed by atoms with Gasteiger partial charge in [0, 0.05) is 19.1 Å². The lowest BCUT2D eigenvalue weighted by molar-refractivity contribution is -0.144. The van der Waals surface area contributed by atoms with E-state index in [9.17, 15) is 14.4 Å². The molecule has 0 aliphatic carbocycles. The average Bonchev–Trinajstić information content (AvgIpc) is 2.92. The average molecular weight is 473 g/mol. The van der Waals surface area contributed by atoms with Crippen molar-refractivity contribution in [1.29, 1.82) is 0 Å². The minimum atomic E-state index is -0.529. The van der Waals surface area contributed by atoms with Crippen molar-refractivity contribution >= 4 is 18.0 Å². The van der Waals surface area contributed by atoms with Gasteiger partial charge in [0.1, 0.15) is 18.2 Å². The zero-order chi connectivity index (χ0) is 24.5. The highest BCUT2D eigenvalue weighted by Gasteiger charge is 2.52. The van der Waals surface area contributed by atoms with Gasteiger partial charge in [-0.05, 0) is 58.9 Å². The van der Waals surface area contributed by atoms with Crippen molar-refractivity contribution in [2.24, 2.45) is 0 Å². The van der Waals surface area contributed by atoms with Crippen molar-refractivity contribution in [1.82, 2.24) is 20.2 Å². The first-order chi connectivity index (χ1) is 16.1. The largest absolute Gasteiger partial charge is 0.444 e. The lowest BCUT2D eigenvalue weighted by Gasteiger charge is -2.37. The molecule has 3 aliphatic rings. The molecule has 186 valence electrons. The Morgan fingerprint density at radius 2 is 1.74 bits per heavy atom. The van der Waals surface area contributed by atoms with Crippen LogP contribution in [-0.4, -0.2) is 75.8 Å². The molecule has 3 aliphatic heterocycles. The van der Waals surface area contributed by atoms with E-state index >= 15 is 0 Å². The van der Waals surface area contributed by atoms with Crippen molar-refractivity contribution in [2.75, 3.05) is 13.1 Å². The number of likely N-dealkylation sites (tertiary alicyclic amines) is 1. The summed E-state index contributed by atoms with van der Waals surface area (Å²) in [6.07, 6.45) is 2.33. The first kappa shape index (κ1) is 24.3. The number of hydroxylamine groups is 2. The van der Waals surface area contributed by atoms with E-state index in [1.165, 1.54) is 5.06 Å². The van der Waals surface area contributed by atoms with Crippen LogP contribution in [0.1, 0.15) is 58.9 Å². The number of carbonyl (C=O) groups is 3. The third-order valence-corrected chi connectivity index (χ3v) is 6.79. The predicted octanol–water partition coefficient (Wildman–Crippen LogP) is 3.29. The maximum absolute atomic E-state index is 13.2. The summed E-state index contributed by atoms with van der Waals surface area (Å²) in [5.74, 6) is -0.126. The molecule has 0 spiro atoms. The Morgan fingerprint density at radius 1 is 1.06 bits per heavy atom. The van der Waals surface area contributed by atoms with E-state index in [0.29, 0.717) is 45.4 Å². The van der Waals surface area contributed by atoms with Crippen LogP contribution in [-0.2, 0) is 21.0 Å². The second-order valence-corrected chi connectivity index (χ2v) is 10.4. The normalized spacial score (nSPS) is 25.5. The molecule has 0 saturated carbocycles. The quantitative estimate of drug-likeness (QED) is 0.710. The predicted molar refractivity (Wildman–Crippen MR) is 126 cm³/mol. The number of hydrogen-bond acceptors (Lipinski definition) is 5. The number of rotatable bonds is 5. The fraction of sp³-hybridized carbons (Fsp3) is 0.640. The number of benzene rings is 1. The Labute approximate surface area is 201 Å². The third-order valence-electron chi connectivity index (χ3n) is 6.79. The van der Waals surface area contributed by atoms with Gasteiger partial charge in [-0.1, -0.05) is 30.3 Å². The van der Waals surface area contributed by atoms with Gasteiger partial charge in [0.15, 0.2) is 0 Å². The molecule has 0 radical (unpaired) electrons. The zero-order valence-corrected chi connectivity index (χ0v) is 20.5. The van der Waals surface area contributed by atoms with Gasteiger partial charge >= 0.3 is 12.1 Å². The molecular weight excluding hydrogens is 436 g/mol. The van der Waals surface area contributed by atoms with Gasteiger partial charge in [0.05, 0.1) is 12.1 Å². The fourth-order valence-corrected chi connectivity index (χ4v) is 5.01. The minimum Gasteiger partial charge on any atom is -0.444 e. The standard InChI is InChI=1S/C25H36N4O5/c1-17-20-10-11-21(28(17)23(31)29(20)33-16-18-8-6-5-7-9-18)22(30)26-19-12-14-27(15-13-19)24(32)34-25(2,3)4/h5-9,17,19-21H,10-16H2,1-4H3,(H,26,30)/t17-,20-,21-/m1/s1. The number of hydrogen-bond donors (Lipinski definition) is 1. The molecule has 0 unspecified atom stereocenters. The van der Waals surface area contributed by atoms with Crippen molar-refractivity contribution in [3.63, 3.8) is 0 Å². The van der Waals surface area contributed by atoms with Gasteiger partial charge in [-0.15, -0.1) is 0 Å². The maximum atomic E-state index is 13.2. The molecule has 3 fully saturated rings. The van der Waals surface area contributed by atoms with Crippen LogP contribution in [0.2, 0.25) is 0 Å². The van der Waals surface area contributed by atoms with E-state index < -0.39 is 11.6 Å². The van der Waals surface area contributed by atoms with Crippen molar-refractivity contribution in [3.05, 3.63) is 35.9 Å². The Morgan fingerprint density at radius 3 is 2.38 bits per heavy atom. The van der Waals surface area contributed by atoms with Crippen molar-refractivity contribution in [3.8, 4) is 0 Å². The molecule has 2 bridgehead atoms. The molecule has 3 heterocycles. The van der Waals surface area contributed by atoms with Crippen molar-refractivity contribution in [2.45, 2.75) is 89.8 Å². The van der Waals surface area contributed by atoms with Crippen LogP contribution < -0.4 is 5.32 Å². The van der Waals surface area contributed by atoms with Crippen LogP contribution in [0.3, 0.4) is 0 Å². The molecule has 0 aromatic heterocycles. The van der Waals surface area contributed by atoms with Gasteiger partial charge < -0.3 is 19.9 Å². The van der Waals surface area contributed by atoms with Crippen molar-refractivity contribution < 1.29 is 24.0 Å². The number of carbonyl (C=O) groups excluding carboxylic acids is 3. The third kappa shape index (κ3) is 5.29. The lowest BCUT2D eigenvalue weighted by atomic mass is 9.93. The molecule has 9 nitrogen and oxygen atoms in total. The first-order valence-electron chi connectivity index (χ1n) is 12.2. The van der Waals surface area contributed by atoms with Gasteiger partial charge in [0.2, 0.25) is 5.91 Å². The van der Waals surface area contributed by atoms with E-state index in [-0.39, 0.29) is 36.2 Å². The SMILES string of the molecule is C[C@@H]1[C@H]2CC[C@H](C(=O)NC3CCN(C(=O)OC(C)(C)C)CC3)N1C(=O)N2OCc1ccccc1. The summed E-state index contributed by atoms with van der Waals surface area (Å²) >= 11 is 0. The summed E-state index contributed by atoms with van der Waals surface area (Å²) in [6, 6.07) is 8.80. The molecule has 34 heavy (non-hydrogen) atoms. The second kappa shape index (κ2) is 9.82. The zero-order valence-electron chi connectivity index (χ0n) is 20.5. The molecule has 1 aromatic carbocycles. The Kier molecular flexibility index (Phi) is 7.02. The highest BCUT2D eigenvalue weighted by atomic mass is 16.7. The van der Waals surface area contributed by atoms with Crippen LogP contribution in [0.15, 0.2) is 30.3 Å². The molecule has 1 aromatic rings. The maximum Gasteiger partial charge on any atom is 0.410 e. The Bertz CT molecular complexity index is 894. The van der Waals surface area contributed by atoms with Gasteiger partial charge in [-0.2, -0.15) is 5.06 Å². The molecule has 4 amide bonds. The molecule has 4 rings (SSSR count). The number of ether oxygens (including phenoxy) is 1. The molecule has 9 heteroatoms. The number of piperidine rings is 2. The number of urea groups is 1. The monoisotopic (exact) mass is 472 g/mol. The number of fused-ring (bicyclic) bond motifs is 2. The Hall–Kier alpha value is -2.81. The highest BCUT2D eigenvalue weighted by molar-refractivity contribution is 5.89. The molecule has 3 saturated heterocycles.